The van der Waals surface area contributed by atoms with E-state index in [-0.39, 0.29) is 17.5 Å². The molecule has 0 aliphatic carbocycles. The molecule has 0 atom stereocenters. The van der Waals surface area contributed by atoms with Crippen LogP contribution in [0.3, 0.4) is 0 Å². The standard InChI is InChI=1S/C19H19BrFNO/c20-17-5-1-14(2-6-17)13-22-11-9-16(10-12-22)19(23)15-3-7-18(21)8-4-15/h1-8,16H,9-13H2. The van der Waals surface area contributed by atoms with Crippen LogP contribution in [-0.4, -0.2) is 23.8 Å². The summed E-state index contributed by atoms with van der Waals surface area (Å²) in [5.74, 6) is -0.0965. The number of benzene rings is 2. The maximum Gasteiger partial charge on any atom is 0.166 e. The number of hydrogen-bond acceptors (Lipinski definition) is 2. The molecule has 1 fully saturated rings. The fourth-order valence-electron chi connectivity index (χ4n) is 3.05. The van der Waals surface area contributed by atoms with Crippen LogP contribution in [0.25, 0.3) is 0 Å². The largest absolute Gasteiger partial charge is 0.299 e. The van der Waals surface area contributed by atoms with Crippen molar-refractivity contribution in [3.05, 3.63) is 69.9 Å². The van der Waals surface area contributed by atoms with Gasteiger partial charge in [-0.25, -0.2) is 4.39 Å². The number of rotatable bonds is 4. The third-order valence-corrected chi connectivity index (χ3v) is 4.94. The Morgan fingerprint density at radius 2 is 1.65 bits per heavy atom. The maximum absolute atomic E-state index is 13.0. The molecule has 0 radical (unpaired) electrons. The SMILES string of the molecule is O=C(c1ccc(F)cc1)C1CCN(Cc2ccc(Br)cc2)CC1. The molecule has 0 bridgehead atoms. The van der Waals surface area contributed by atoms with Gasteiger partial charge in [-0.05, 0) is 67.9 Å². The molecule has 0 saturated carbocycles. The van der Waals surface area contributed by atoms with Gasteiger partial charge in [-0.2, -0.15) is 0 Å². The molecule has 1 heterocycles. The monoisotopic (exact) mass is 375 g/mol. The Kier molecular flexibility index (Phi) is 5.23. The van der Waals surface area contributed by atoms with E-state index in [0.29, 0.717) is 5.56 Å². The lowest BCUT2D eigenvalue weighted by molar-refractivity contribution is 0.0835. The van der Waals surface area contributed by atoms with E-state index >= 15 is 0 Å². The zero-order valence-corrected chi connectivity index (χ0v) is 14.4. The van der Waals surface area contributed by atoms with Crippen LogP contribution in [0.1, 0.15) is 28.8 Å². The molecule has 4 heteroatoms. The van der Waals surface area contributed by atoms with E-state index in [2.05, 4.69) is 45.1 Å². The summed E-state index contributed by atoms with van der Waals surface area (Å²) in [5, 5.41) is 0. The van der Waals surface area contributed by atoms with Gasteiger partial charge >= 0.3 is 0 Å². The van der Waals surface area contributed by atoms with E-state index in [1.165, 1.54) is 17.7 Å². The van der Waals surface area contributed by atoms with E-state index in [0.717, 1.165) is 36.9 Å². The number of nitrogens with zero attached hydrogens (tertiary/aromatic N) is 1. The van der Waals surface area contributed by atoms with E-state index in [1.807, 2.05) is 0 Å². The summed E-state index contributed by atoms with van der Waals surface area (Å²) in [6.45, 7) is 2.77. The summed E-state index contributed by atoms with van der Waals surface area (Å²) >= 11 is 3.45. The maximum atomic E-state index is 13.0. The molecular formula is C19H19BrFNO. The van der Waals surface area contributed by atoms with Gasteiger partial charge in [0.15, 0.2) is 5.78 Å². The fourth-order valence-corrected chi connectivity index (χ4v) is 3.32. The summed E-state index contributed by atoms with van der Waals surface area (Å²) in [6, 6.07) is 14.3. The Bertz CT molecular complexity index is 661. The molecule has 0 amide bonds. The summed E-state index contributed by atoms with van der Waals surface area (Å²) in [6.07, 6.45) is 1.74. The molecule has 3 rings (SSSR count). The fraction of sp³-hybridized carbons (Fsp3) is 0.316. The van der Waals surface area contributed by atoms with Gasteiger partial charge in [-0.1, -0.05) is 28.1 Å². The minimum absolute atomic E-state index is 0.0571. The normalized spacial score (nSPS) is 16.4. The first-order valence-electron chi connectivity index (χ1n) is 7.88. The molecule has 120 valence electrons. The molecule has 0 unspecified atom stereocenters. The van der Waals surface area contributed by atoms with Crippen molar-refractivity contribution in [2.75, 3.05) is 13.1 Å². The first-order valence-corrected chi connectivity index (χ1v) is 8.68. The third-order valence-electron chi connectivity index (χ3n) is 4.41. The molecule has 0 N–H and O–H groups in total. The van der Waals surface area contributed by atoms with Gasteiger partial charge in [0.2, 0.25) is 0 Å². The van der Waals surface area contributed by atoms with E-state index in [9.17, 15) is 9.18 Å². The summed E-state index contributed by atoms with van der Waals surface area (Å²) in [7, 11) is 0. The lowest BCUT2D eigenvalue weighted by Gasteiger charge is -2.31. The van der Waals surface area contributed by atoms with Gasteiger partial charge in [-0.15, -0.1) is 0 Å². The molecule has 1 aliphatic rings. The van der Waals surface area contributed by atoms with Crippen molar-refractivity contribution in [1.29, 1.82) is 0 Å². The Labute approximate surface area is 144 Å². The van der Waals surface area contributed by atoms with Crippen molar-refractivity contribution < 1.29 is 9.18 Å². The van der Waals surface area contributed by atoms with Crippen molar-refractivity contribution in [3.63, 3.8) is 0 Å². The van der Waals surface area contributed by atoms with Crippen LogP contribution < -0.4 is 0 Å². The number of likely N-dealkylation sites (tertiary alicyclic amines) is 1. The second-order valence-corrected chi connectivity index (χ2v) is 6.96. The quantitative estimate of drug-likeness (QED) is 0.722. The number of carbonyl (C=O) groups is 1. The van der Waals surface area contributed by atoms with Crippen molar-refractivity contribution in [2.24, 2.45) is 5.92 Å². The molecule has 23 heavy (non-hydrogen) atoms. The topological polar surface area (TPSA) is 20.3 Å². The van der Waals surface area contributed by atoms with E-state index in [1.54, 1.807) is 12.1 Å². The van der Waals surface area contributed by atoms with Gasteiger partial charge in [-0.3, -0.25) is 9.69 Å². The zero-order chi connectivity index (χ0) is 16.2. The van der Waals surface area contributed by atoms with Crippen LogP contribution in [0.2, 0.25) is 0 Å². The van der Waals surface area contributed by atoms with Crippen LogP contribution in [0.4, 0.5) is 4.39 Å². The highest BCUT2D eigenvalue weighted by Gasteiger charge is 2.25. The van der Waals surface area contributed by atoms with Crippen LogP contribution >= 0.6 is 15.9 Å². The van der Waals surface area contributed by atoms with Gasteiger partial charge in [0.25, 0.3) is 0 Å². The van der Waals surface area contributed by atoms with E-state index < -0.39 is 0 Å². The summed E-state index contributed by atoms with van der Waals surface area (Å²) in [4.78, 5) is 14.9. The molecule has 0 aromatic heterocycles. The number of ketones is 1. The Morgan fingerprint density at radius 1 is 1.04 bits per heavy atom. The molecule has 0 spiro atoms. The second kappa shape index (κ2) is 7.37. The molecule has 2 aromatic rings. The second-order valence-electron chi connectivity index (χ2n) is 6.05. The number of carbonyl (C=O) groups excluding carboxylic acids is 1. The lowest BCUT2D eigenvalue weighted by atomic mass is 9.89. The first kappa shape index (κ1) is 16.3. The minimum atomic E-state index is -0.300. The van der Waals surface area contributed by atoms with Gasteiger partial charge in [0, 0.05) is 22.5 Å². The van der Waals surface area contributed by atoms with E-state index in [4.69, 9.17) is 0 Å². The third kappa shape index (κ3) is 4.27. The van der Waals surface area contributed by atoms with Crippen molar-refractivity contribution in [2.45, 2.75) is 19.4 Å². The molecule has 1 saturated heterocycles. The van der Waals surface area contributed by atoms with Crippen LogP contribution in [0.15, 0.2) is 53.0 Å². The molecular weight excluding hydrogens is 357 g/mol. The highest BCUT2D eigenvalue weighted by atomic mass is 79.9. The van der Waals surface area contributed by atoms with Crippen LogP contribution in [0, 0.1) is 11.7 Å². The Morgan fingerprint density at radius 3 is 2.26 bits per heavy atom. The zero-order valence-electron chi connectivity index (χ0n) is 12.8. The van der Waals surface area contributed by atoms with Crippen LogP contribution in [0.5, 0.6) is 0 Å². The van der Waals surface area contributed by atoms with Crippen LogP contribution in [-0.2, 0) is 6.54 Å². The highest BCUT2D eigenvalue weighted by molar-refractivity contribution is 9.10. The average Bonchev–Trinajstić information content (AvgIpc) is 2.58. The van der Waals surface area contributed by atoms with Gasteiger partial charge in [0.1, 0.15) is 5.82 Å². The Hall–Kier alpha value is -1.52. The predicted octanol–water partition coefficient (Wildman–Crippen LogP) is 4.68. The predicted molar refractivity (Wildman–Crippen MR) is 92.9 cm³/mol. The average molecular weight is 376 g/mol. The first-order chi connectivity index (χ1) is 11.1. The number of piperidine rings is 1. The van der Waals surface area contributed by atoms with Crippen molar-refractivity contribution in [1.82, 2.24) is 4.90 Å². The molecule has 1 aliphatic heterocycles. The number of hydrogen-bond donors (Lipinski definition) is 0. The number of Topliss-reactive ketones (excluding diaryl/α,β-unsaturated/α-hetero) is 1. The van der Waals surface area contributed by atoms with Gasteiger partial charge < -0.3 is 0 Å². The smallest absolute Gasteiger partial charge is 0.166 e. The van der Waals surface area contributed by atoms with Crippen molar-refractivity contribution in [3.8, 4) is 0 Å². The molecule has 2 aromatic carbocycles. The highest BCUT2D eigenvalue weighted by Crippen LogP contribution is 2.23. The van der Waals surface area contributed by atoms with Crippen molar-refractivity contribution >= 4 is 21.7 Å². The van der Waals surface area contributed by atoms with Gasteiger partial charge in [0.05, 0.1) is 0 Å². The summed E-state index contributed by atoms with van der Waals surface area (Å²) < 4.78 is 14.0. The molecule has 2 nitrogen and oxygen atoms in total. The minimum Gasteiger partial charge on any atom is -0.299 e. The summed E-state index contributed by atoms with van der Waals surface area (Å²) in [5.41, 5.74) is 1.91. The Balaban J connectivity index is 1.54. The number of halogens is 2. The lowest BCUT2D eigenvalue weighted by Crippen LogP contribution is -2.35.